The molecule has 0 saturated carbocycles. The van der Waals surface area contributed by atoms with Gasteiger partial charge in [0.05, 0.1) is 6.61 Å². The van der Waals surface area contributed by atoms with Crippen LogP contribution in [0.5, 0.6) is 0 Å². The van der Waals surface area contributed by atoms with E-state index in [0.717, 1.165) is 12.1 Å². The van der Waals surface area contributed by atoms with Crippen LogP contribution in [0.4, 0.5) is 0 Å². The largest absolute Gasteiger partial charge is 0.392 e. The van der Waals surface area contributed by atoms with Crippen molar-refractivity contribution in [2.24, 2.45) is 0 Å². The van der Waals surface area contributed by atoms with E-state index in [1.165, 1.54) is 23.1 Å². The number of benzene rings is 2. The fraction of sp³-hybridized carbons (Fsp3) is 0.333. The van der Waals surface area contributed by atoms with Gasteiger partial charge < -0.3 is 10.4 Å². The minimum atomic E-state index is 0.108. The second kappa shape index (κ2) is 5.78. The first-order valence-corrected chi connectivity index (χ1v) is 7.29. The van der Waals surface area contributed by atoms with Crippen LogP contribution in [-0.2, 0) is 13.0 Å². The minimum Gasteiger partial charge on any atom is -0.392 e. The molecular weight excluding hydrogens is 246 g/mol. The molecule has 2 N–H and O–H groups in total. The summed E-state index contributed by atoms with van der Waals surface area (Å²) in [6, 6.07) is 17.2. The SMILES string of the molecule is CC(NCC1Cc2ccccc21)c1cccc(CO)c1. The third-order valence-electron chi connectivity index (χ3n) is 4.27. The normalized spacial score (nSPS) is 18.2. The van der Waals surface area contributed by atoms with Crippen molar-refractivity contribution in [1.82, 2.24) is 5.32 Å². The van der Waals surface area contributed by atoms with Gasteiger partial charge in [0.2, 0.25) is 0 Å². The summed E-state index contributed by atoms with van der Waals surface area (Å²) in [5.41, 5.74) is 5.21. The highest BCUT2D eigenvalue weighted by atomic mass is 16.3. The molecule has 0 saturated heterocycles. The smallest absolute Gasteiger partial charge is 0.0681 e. The van der Waals surface area contributed by atoms with Crippen molar-refractivity contribution >= 4 is 0 Å². The molecule has 0 heterocycles. The molecule has 2 aromatic rings. The van der Waals surface area contributed by atoms with Crippen LogP contribution in [0.1, 0.15) is 41.1 Å². The number of aliphatic hydroxyl groups excluding tert-OH is 1. The topological polar surface area (TPSA) is 32.3 Å². The molecule has 0 spiro atoms. The predicted molar refractivity (Wildman–Crippen MR) is 81.7 cm³/mol. The van der Waals surface area contributed by atoms with Crippen molar-refractivity contribution in [3.63, 3.8) is 0 Å². The van der Waals surface area contributed by atoms with Gasteiger partial charge in [-0.15, -0.1) is 0 Å². The van der Waals surface area contributed by atoms with E-state index in [-0.39, 0.29) is 6.61 Å². The first kappa shape index (κ1) is 13.3. The van der Waals surface area contributed by atoms with E-state index in [0.29, 0.717) is 12.0 Å². The third kappa shape index (κ3) is 2.62. The Labute approximate surface area is 120 Å². The Morgan fingerprint density at radius 3 is 2.85 bits per heavy atom. The highest BCUT2D eigenvalue weighted by Crippen LogP contribution is 2.34. The number of hydrogen-bond donors (Lipinski definition) is 2. The quantitative estimate of drug-likeness (QED) is 0.872. The molecule has 0 amide bonds. The van der Waals surface area contributed by atoms with Crippen LogP contribution in [0.15, 0.2) is 48.5 Å². The van der Waals surface area contributed by atoms with Gasteiger partial charge >= 0.3 is 0 Å². The average Bonchev–Trinajstić information content (AvgIpc) is 2.48. The second-order valence-electron chi connectivity index (χ2n) is 5.63. The van der Waals surface area contributed by atoms with Crippen LogP contribution in [0.3, 0.4) is 0 Å². The Balaban J connectivity index is 1.59. The standard InChI is InChI=1S/C18H21NO/c1-13(15-7-4-5-14(9-15)12-20)19-11-17-10-16-6-2-3-8-18(16)17/h2-9,13,17,19-20H,10-12H2,1H3. The first-order valence-electron chi connectivity index (χ1n) is 7.29. The van der Waals surface area contributed by atoms with E-state index in [1.54, 1.807) is 0 Å². The van der Waals surface area contributed by atoms with Crippen molar-refractivity contribution in [2.75, 3.05) is 6.54 Å². The molecule has 1 aliphatic carbocycles. The monoisotopic (exact) mass is 267 g/mol. The van der Waals surface area contributed by atoms with E-state index in [2.05, 4.69) is 48.6 Å². The lowest BCUT2D eigenvalue weighted by Gasteiger charge is -2.31. The molecule has 104 valence electrons. The van der Waals surface area contributed by atoms with E-state index < -0.39 is 0 Å². The molecule has 20 heavy (non-hydrogen) atoms. The summed E-state index contributed by atoms with van der Waals surface area (Å²) in [6.07, 6.45) is 1.19. The first-order chi connectivity index (χ1) is 9.78. The van der Waals surface area contributed by atoms with Gasteiger partial charge in [-0.1, -0.05) is 48.5 Å². The zero-order valence-corrected chi connectivity index (χ0v) is 11.8. The maximum atomic E-state index is 9.20. The van der Waals surface area contributed by atoms with Gasteiger partial charge in [0.15, 0.2) is 0 Å². The molecule has 2 unspecified atom stereocenters. The van der Waals surface area contributed by atoms with Crippen molar-refractivity contribution in [1.29, 1.82) is 0 Å². The fourth-order valence-corrected chi connectivity index (χ4v) is 2.94. The Bertz CT molecular complexity index is 593. The molecule has 1 aliphatic rings. The van der Waals surface area contributed by atoms with Gasteiger partial charge in [-0.25, -0.2) is 0 Å². The predicted octanol–water partition coefficient (Wildman–Crippen LogP) is 3.17. The van der Waals surface area contributed by atoms with E-state index in [9.17, 15) is 5.11 Å². The Morgan fingerprint density at radius 1 is 1.20 bits per heavy atom. The van der Waals surface area contributed by atoms with E-state index in [4.69, 9.17) is 0 Å². The molecule has 2 aromatic carbocycles. The Morgan fingerprint density at radius 2 is 2.05 bits per heavy atom. The third-order valence-corrected chi connectivity index (χ3v) is 4.27. The molecule has 0 aromatic heterocycles. The number of rotatable bonds is 5. The van der Waals surface area contributed by atoms with Crippen LogP contribution in [0, 0.1) is 0 Å². The zero-order chi connectivity index (χ0) is 13.9. The number of aliphatic hydroxyl groups is 1. The maximum Gasteiger partial charge on any atom is 0.0681 e. The Kier molecular flexibility index (Phi) is 3.86. The van der Waals surface area contributed by atoms with Crippen molar-refractivity contribution in [2.45, 2.75) is 31.9 Å². The molecule has 2 heteroatoms. The summed E-state index contributed by atoms with van der Waals surface area (Å²) >= 11 is 0. The van der Waals surface area contributed by atoms with Gasteiger partial charge in [-0.3, -0.25) is 0 Å². The molecule has 0 radical (unpaired) electrons. The van der Waals surface area contributed by atoms with E-state index >= 15 is 0 Å². The van der Waals surface area contributed by atoms with Gasteiger partial charge in [0.25, 0.3) is 0 Å². The molecule has 2 nitrogen and oxygen atoms in total. The van der Waals surface area contributed by atoms with Crippen molar-refractivity contribution in [3.05, 3.63) is 70.8 Å². The van der Waals surface area contributed by atoms with Crippen LogP contribution in [-0.4, -0.2) is 11.7 Å². The lowest BCUT2D eigenvalue weighted by molar-refractivity contribution is 0.281. The van der Waals surface area contributed by atoms with Gasteiger partial charge in [-0.2, -0.15) is 0 Å². The summed E-state index contributed by atoms with van der Waals surface area (Å²) in [6.45, 7) is 3.30. The maximum absolute atomic E-state index is 9.20. The van der Waals surface area contributed by atoms with Crippen LogP contribution in [0.2, 0.25) is 0 Å². The highest BCUT2D eigenvalue weighted by molar-refractivity contribution is 5.40. The van der Waals surface area contributed by atoms with Gasteiger partial charge in [0, 0.05) is 18.5 Å². The summed E-state index contributed by atoms with van der Waals surface area (Å²) in [5, 5.41) is 12.8. The molecule has 0 fully saturated rings. The van der Waals surface area contributed by atoms with Crippen LogP contribution in [0.25, 0.3) is 0 Å². The number of nitrogens with one attached hydrogen (secondary N) is 1. The Hall–Kier alpha value is -1.64. The second-order valence-corrected chi connectivity index (χ2v) is 5.63. The zero-order valence-electron chi connectivity index (χ0n) is 11.8. The summed E-state index contributed by atoms with van der Waals surface area (Å²) in [4.78, 5) is 0. The number of fused-ring (bicyclic) bond motifs is 1. The fourth-order valence-electron chi connectivity index (χ4n) is 2.94. The molecule has 0 bridgehead atoms. The lowest BCUT2D eigenvalue weighted by atomic mass is 9.77. The average molecular weight is 267 g/mol. The van der Waals surface area contributed by atoms with Crippen molar-refractivity contribution in [3.8, 4) is 0 Å². The van der Waals surface area contributed by atoms with E-state index in [1.807, 2.05) is 12.1 Å². The molecular formula is C18H21NO. The molecule has 0 aliphatic heterocycles. The minimum absolute atomic E-state index is 0.108. The van der Waals surface area contributed by atoms with Crippen molar-refractivity contribution < 1.29 is 5.11 Å². The van der Waals surface area contributed by atoms with Gasteiger partial charge in [0.1, 0.15) is 0 Å². The summed E-state index contributed by atoms with van der Waals surface area (Å²) < 4.78 is 0. The highest BCUT2D eigenvalue weighted by Gasteiger charge is 2.25. The van der Waals surface area contributed by atoms with Crippen LogP contribution < -0.4 is 5.32 Å². The van der Waals surface area contributed by atoms with Gasteiger partial charge in [-0.05, 0) is 35.6 Å². The lowest BCUT2D eigenvalue weighted by Crippen LogP contribution is -2.30. The van der Waals surface area contributed by atoms with Crippen LogP contribution >= 0.6 is 0 Å². The number of hydrogen-bond acceptors (Lipinski definition) is 2. The molecule has 2 atom stereocenters. The summed E-state index contributed by atoms with van der Waals surface area (Å²) in [5.74, 6) is 0.648. The molecule has 3 rings (SSSR count). The summed E-state index contributed by atoms with van der Waals surface area (Å²) in [7, 11) is 0.